The molecular formula is C34H45BrO3. The number of para-hydroxylation sites is 1. The summed E-state index contributed by atoms with van der Waals surface area (Å²) in [7, 11) is 0. The zero-order chi connectivity index (χ0) is 27.2. The average Bonchev–Trinajstić information content (AvgIpc) is 2.94. The third-order valence-electron chi connectivity index (χ3n) is 7.73. The Kier molecular flexibility index (Phi) is 12.7. The molecule has 4 heteroatoms. The fraction of sp³-hybridized carbons (Fsp3) is 0.500. The maximum absolute atomic E-state index is 13.3. The van der Waals surface area contributed by atoms with Crippen molar-refractivity contribution in [3.05, 3.63) is 82.4 Å². The van der Waals surface area contributed by atoms with Crippen molar-refractivity contribution < 1.29 is 14.3 Å². The van der Waals surface area contributed by atoms with Crippen LogP contribution in [-0.2, 0) is 5.41 Å². The van der Waals surface area contributed by atoms with E-state index in [0.29, 0.717) is 23.8 Å². The molecule has 0 saturated heterocycles. The van der Waals surface area contributed by atoms with Crippen LogP contribution < -0.4 is 9.47 Å². The highest BCUT2D eigenvalue weighted by Crippen LogP contribution is 2.46. The fourth-order valence-electron chi connectivity index (χ4n) is 5.46. The van der Waals surface area contributed by atoms with Crippen LogP contribution >= 0.6 is 15.9 Å². The first-order valence-electron chi connectivity index (χ1n) is 14.7. The fourth-order valence-corrected chi connectivity index (χ4v) is 5.95. The molecule has 0 aliphatic heterocycles. The zero-order valence-corrected chi connectivity index (χ0v) is 25.1. The van der Waals surface area contributed by atoms with E-state index in [-0.39, 0.29) is 11.4 Å². The molecule has 0 bridgehead atoms. The maximum Gasteiger partial charge on any atom is 0.343 e. The summed E-state index contributed by atoms with van der Waals surface area (Å²) < 4.78 is 12.8. The molecule has 2 atom stereocenters. The molecule has 38 heavy (non-hydrogen) atoms. The zero-order valence-electron chi connectivity index (χ0n) is 23.5. The number of unbranched alkanes of at least 4 members (excludes halogenated alkanes) is 7. The number of carbonyl (C=O) groups excluding carboxylic acids is 1. The summed E-state index contributed by atoms with van der Waals surface area (Å²) in [5.74, 6) is 1.42. The lowest BCUT2D eigenvalue weighted by molar-refractivity contribution is 0.0730. The van der Waals surface area contributed by atoms with Gasteiger partial charge in [-0.25, -0.2) is 4.79 Å². The second-order valence-electron chi connectivity index (χ2n) is 10.4. The maximum atomic E-state index is 13.3. The molecule has 0 saturated carbocycles. The standard InChI is InChI=1S/C34H45BrO3/c1-4-7-9-10-11-17-25-37-32-23-22-27(26-30(32)35)33(36)38-31-21-14-13-20-29(31)34(6-3)24-16-15-19-28(34)18-12-8-5-2/h13-16,19-24,26,28H,4-12,17-18,25H2,1-3H3. The van der Waals surface area contributed by atoms with Gasteiger partial charge in [0.2, 0.25) is 0 Å². The second kappa shape index (κ2) is 15.9. The molecule has 3 rings (SSSR count). The summed E-state index contributed by atoms with van der Waals surface area (Å²) >= 11 is 3.59. The molecule has 0 fully saturated rings. The molecule has 2 unspecified atom stereocenters. The second-order valence-corrected chi connectivity index (χ2v) is 11.2. The third kappa shape index (κ3) is 8.09. The van der Waals surface area contributed by atoms with E-state index in [1.165, 1.54) is 51.4 Å². The molecule has 2 aromatic rings. The van der Waals surface area contributed by atoms with E-state index in [1.54, 1.807) is 12.1 Å². The minimum atomic E-state index is -0.357. The van der Waals surface area contributed by atoms with Gasteiger partial charge < -0.3 is 9.47 Å². The number of ether oxygens (including phenoxy) is 2. The van der Waals surface area contributed by atoms with Gasteiger partial charge in [-0.05, 0) is 65.4 Å². The Hall–Kier alpha value is -2.33. The van der Waals surface area contributed by atoms with E-state index in [4.69, 9.17) is 9.47 Å². The largest absolute Gasteiger partial charge is 0.492 e. The molecule has 0 spiro atoms. The topological polar surface area (TPSA) is 35.5 Å². The summed E-state index contributed by atoms with van der Waals surface area (Å²) in [6.07, 6.45) is 22.0. The van der Waals surface area contributed by atoms with Gasteiger partial charge in [0.15, 0.2) is 0 Å². The molecule has 0 radical (unpaired) electrons. The van der Waals surface area contributed by atoms with Gasteiger partial charge in [-0.1, -0.05) is 115 Å². The minimum absolute atomic E-state index is 0.186. The summed E-state index contributed by atoms with van der Waals surface area (Å²) in [6, 6.07) is 13.5. The van der Waals surface area contributed by atoms with Crippen LogP contribution in [-0.4, -0.2) is 12.6 Å². The number of carbonyl (C=O) groups is 1. The van der Waals surface area contributed by atoms with Crippen LogP contribution in [0.25, 0.3) is 0 Å². The summed E-state index contributed by atoms with van der Waals surface area (Å²) in [5.41, 5.74) is 1.40. The number of hydrogen-bond acceptors (Lipinski definition) is 3. The van der Waals surface area contributed by atoms with Gasteiger partial charge in [-0.2, -0.15) is 0 Å². The lowest BCUT2D eigenvalue weighted by Gasteiger charge is -2.39. The van der Waals surface area contributed by atoms with Gasteiger partial charge in [-0.3, -0.25) is 0 Å². The van der Waals surface area contributed by atoms with Gasteiger partial charge in [0.05, 0.1) is 16.6 Å². The van der Waals surface area contributed by atoms with Crippen molar-refractivity contribution in [2.75, 3.05) is 6.61 Å². The number of halogens is 1. The SMILES string of the molecule is CCCCCCCCOc1ccc(C(=O)Oc2ccccc2C2(CC)C=CC=CC2CCCCC)cc1Br. The molecule has 0 aromatic heterocycles. The number of esters is 1. The Morgan fingerprint density at radius 1 is 0.868 bits per heavy atom. The Morgan fingerprint density at radius 2 is 1.61 bits per heavy atom. The van der Waals surface area contributed by atoms with E-state index in [2.05, 4.69) is 67.1 Å². The molecule has 1 aliphatic carbocycles. The van der Waals surface area contributed by atoms with Crippen LogP contribution in [0.15, 0.2) is 71.2 Å². The van der Waals surface area contributed by atoms with Crippen molar-refractivity contribution in [3.8, 4) is 11.5 Å². The van der Waals surface area contributed by atoms with Gasteiger partial charge in [0.1, 0.15) is 11.5 Å². The predicted molar refractivity (Wildman–Crippen MR) is 162 cm³/mol. The highest BCUT2D eigenvalue weighted by Gasteiger charge is 2.38. The number of allylic oxidation sites excluding steroid dienone is 4. The minimum Gasteiger partial charge on any atom is -0.492 e. The van der Waals surface area contributed by atoms with E-state index in [9.17, 15) is 4.79 Å². The van der Waals surface area contributed by atoms with E-state index >= 15 is 0 Å². The van der Waals surface area contributed by atoms with Gasteiger partial charge >= 0.3 is 5.97 Å². The Morgan fingerprint density at radius 3 is 2.37 bits per heavy atom. The van der Waals surface area contributed by atoms with E-state index in [1.807, 2.05) is 24.3 Å². The summed E-state index contributed by atoms with van der Waals surface area (Å²) in [6.45, 7) is 7.39. The first-order valence-corrected chi connectivity index (χ1v) is 15.4. The van der Waals surface area contributed by atoms with Gasteiger partial charge in [0, 0.05) is 11.0 Å². The van der Waals surface area contributed by atoms with Crippen molar-refractivity contribution in [1.82, 2.24) is 0 Å². The number of hydrogen-bond donors (Lipinski definition) is 0. The van der Waals surface area contributed by atoms with Crippen LogP contribution in [0.2, 0.25) is 0 Å². The van der Waals surface area contributed by atoms with Crippen LogP contribution in [0.1, 0.15) is 107 Å². The van der Waals surface area contributed by atoms with Crippen molar-refractivity contribution in [2.24, 2.45) is 5.92 Å². The van der Waals surface area contributed by atoms with Crippen molar-refractivity contribution in [3.63, 3.8) is 0 Å². The Balaban J connectivity index is 1.70. The van der Waals surface area contributed by atoms with Gasteiger partial charge in [-0.15, -0.1) is 0 Å². The molecule has 206 valence electrons. The number of benzene rings is 2. The van der Waals surface area contributed by atoms with Crippen LogP contribution in [0.3, 0.4) is 0 Å². The molecular weight excluding hydrogens is 536 g/mol. The Labute approximate surface area is 238 Å². The van der Waals surface area contributed by atoms with Gasteiger partial charge in [0.25, 0.3) is 0 Å². The quantitative estimate of drug-likeness (QED) is 0.112. The monoisotopic (exact) mass is 580 g/mol. The van der Waals surface area contributed by atoms with E-state index in [0.717, 1.165) is 35.0 Å². The first kappa shape index (κ1) is 30.2. The van der Waals surface area contributed by atoms with E-state index < -0.39 is 0 Å². The molecule has 0 heterocycles. The number of rotatable bonds is 16. The Bertz CT molecular complexity index is 1070. The summed E-state index contributed by atoms with van der Waals surface area (Å²) in [4.78, 5) is 13.3. The molecule has 0 N–H and O–H groups in total. The highest BCUT2D eigenvalue weighted by atomic mass is 79.9. The smallest absolute Gasteiger partial charge is 0.343 e. The van der Waals surface area contributed by atoms with Crippen LogP contribution in [0, 0.1) is 5.92 Å². The van der Waals surface area contributed by atoms with Crippen LogP contribution in [0.5, 0.6) is 11.5 Å². The van der Waals surface area contributed by atoms with Crippen molar-refractivity contribution in [2.45, 2.75) is 96.8 Å². The van der Waals surface area contributed by atoms with Crippen molar-refractivity contribution >= 4 is 21.9 Å². The summed E-state index contributed by atoms with van der Waals surface area (Å²) in [5, 5.41) is 0. The molecule has 2 aromatic carbocycles. The van der Waals surface area contributed by atoms with Crippen molar-refractivity contribution in [1.29, 1.82) is 0 Å². The first-order chi connectivity index (χ1) is 18.6. The third-order valence-corrected chi connectivity index (χ3v) is 8.35. The molecule has 1 aliphatic rings. The lowest BCUT2D eigenvalue weighted by Crippen LogP contribution is -2.34. The van der Waals surface area contributed by atoms with Crippen LogP contribution in [0.4, 0.5) is 0 Å². The molecule has 0 amide bonds. The normalized spacial score (nSPS) is 18.5. The molecule has 3 nitrogen and oxygen atoms in total. The highest BCUT2D eigenvalue weighted by molar-refractivity contribution is 9.10. The lowest BCUT2D eigenvalue weighted by atomic mass is 9.64. The average molecular weight is 582 g/mol. The predicted octanol–water partition coefficient (Wildman–Crippen LogP) is 10.4.